The summed E-state index contributed by atoms with van der Waals surface area (Å²) < 4.78 is 44.3. The number of carbonyl (C=O) groups is 1. The van der Waals surface area contributed by atoms with Gasteiger partial charge in [-0.1, -0.05) is 0 Å². The van der Waals surface area contributed by atoms with Gasteiger partial charge in [-0.05, 0) is 37.5 Å². The molecule has 0 bridgehead atoms. The van der Waals surface area contributed by atoms with Crippen molar-refractivity contribution in [1.82, 2.24) is 29.7 Å². The molecule has 0 spiro atoms. The van der Waals surface area contributed by atoms with Crippen molar-refractivity contribution < 1.29 is 23.0 Å². The molecule has 1 unspecified atom stereocenters. The average molecular weight is 495 g/mol. The molecule has 11 heteroatoms. The molecule has 1 aliphatic carbocycles. The van der Waals surface area contributed by atoms with Gasteiger partial charge in [0.15, 0.2) is 17.3 Å². The van der Waals surface area contributed by atoms with Crippen LogP contribution in [-0.4, -0.2) is 56.7 Å². The number of carbonyl (C=O) groups excluding carboxylic acids is 1. The summed E-state index contributed by atoms with van der Waals surface area (Å²) in [5.41, 5.74) is 1.99. The van der Waals surface area contributed by atoms with Gasteiger partial charge in [0.1, 0.15) is 6.10 Å². The van der Waals surface area contributed by atoms with E-state index in [4.69, 9.17) is 9.47 Å². The summed E-state index contributed by atoms with van der Waals surface area (Å²) >= 11 is 0. The minimum absolute atomic E-state index is 0.0130. The number of hydrogen-bond acceptors (Lipinski definition) is 6. The van der Waals surface area contributed by atoms with Crippen LogP contribution in [-0.2, 0) is 4.74 Å². The molecule has 1 aliphatic heterocycles. The predicted octanol–water partition coefficient (Wildman–Crippen LogP) is 3.79. The normalized spacial score (nSPS) is 17.9. The van der Waals surface area contributed by atoms with Crippen molar-refractivity contribution in [2.45, 2.75) is 37.8 Å². The highest BCUT2D eigenvalue weighted by Crippen LogP contribution is 2.36. The van der Waals surface area contributed by atoms with Crippen LogP contribution in [0.3, 0.4) is 0 Å². The minimum Gasteiger partial charge on any atom is -0.470 e. The van der Waals surface area contributed by atoms with Gasteiger partial charge >= 0.3 is 0 Å². The Morgan fingerprint density at radius 1 is 1.17 bits per heavy atom. The molecule has 1 amide bonds. The molecule has 1 N–H and O–H groups in total. The standard InChI is InChI=1S/C25H24F2N6O3/c1-28-24(34)14-7-19(23(27)20(26)8-14)21-11-29-22-9-18(15-10-30-32(12-15)16-3-2-4-16)25(31-33(21)22)36-17-5-6-35-13-17/h7-12,16-17H,2-6,13H2,1H3,(H,28,34). The van der Waals surface area contributed by atoms with Crippen LogP contribution in [0.15, 0.2) is 36.8 Å². The number of imidazole rings is 1. The predicted molar refractivity (Wildman–Crippen MR) is 126 cm³/mol. The quantitative estimate of drug-likeness (QED) is 0.438. The lowest BCUT2D eigenvalue weighted by Crippen LogP contribution is -2.19. The van der Waals surface area contributed by atoms with Crippen LogP contribution < -0.4 is 10.1 Å². The van der Waals surface area contributed by atoms with E-state index in [9.17, 15) is 13.6 Å². The number of halogens is 2. The Morgan fingerprint density at radius 2 is 2.03 bits per heavy atom. The summed E-state index contributed by atoms with van der Waals surface area (Å²) in [6.07, 6.45) is 9.07. The van der Waals surface area contributed by atoms with Gasteiger partial charge in [0, 0.05) is 36.4 Å². The zero-order chi connectivity index (χ0) is 24.8. The number of fused-ring (bicyclic) bond motifs is 1. The maximum absolute atomic E-state index is 14.9. The molecular formula is C25H24F2N6O3. The highest BCUT2D eigenvalue weighted by Gasteiger charge is 2.25. The average Bonchev–Trinajstić information content (AvgIpc) is 3.60. The Morgan fingerprint density at radius 3 is 2.75 bits per heavy atom. The molecule has 2 fully saturated rings. The topological polar surface area (TPSA) is 95.6 Å². The fraction of sp³-hybridized carbons (Fsp3) is 0.360. The van der Waals surface area contributed by atoms with E-state index in [0.717, 1.165) is 24.5 Å². The highest BCUT2D eigenvalue weighted by molar-refractivity contribution is 5.95. The summed E-state index contributed by atoms with van der Waals surface area (Å²) in [6.45, 7) is 1.03. The second kappa shape index (κ2) is 8.98. The van der Waals surface area contributed by atoms with E-state index in [1.807, 2.05) is 10.9 Å². The highest BCUT2D eigenvalue weighted by atomic mass is 19.2. The van der Waals surface area contributed by atoms with Gasteiger partial charge in [0.25, 0.3) is 5.91 Å². The first-order valence-corrected chi connectivity index (χ1v) is 11.9. The van der Waals surface area contributed by atoms with E-state index in [1.54, 1.807) is 12.3 Å². The number of hydrogen-bond donors (Lipinski definition) is 1. The first-order valence-electron chi connectivity index (χ1n) is 11.9. The van der Waals surface area contributed by atoms with Crippen LogP contribution in [0, 0.1) is 11.6 Å². The number of ether oxygens (including phenoxy) is 2. The zero-order valence-electron chi connectivity index (χ0n) is 19.6. The molecular weight excluding hydrogens is 470 g/mol. The van der Waals surface area contributed by atoms with Crippen molar-refractivity contribution in [3.8, 4) is 28.3 Å². The van der Waals surface area contributed by atoms with Crippen LogP contribution >= 0.6 is 0 Å². The Bertz CT molecular complexity index is 1460. The van der Waals surface area contributed by atoms with Gasteiger partial charge in [-0.15, -0.1) is 5.10 Å². The fourth-order valence-corrected chi connectivity index (χ4v) is 4.52. The first kappa shape index (κ1) is 22.6. The number of benzene rings is 1. The minimum atomic E-state index is -1.14. The second-order valence-corrected chi connectivity index (χ2v) is 9.07. The molecule has 186 valence electrons. The Labute approximate surface area is 205 Å². The zero-order valence-corrected chi connectivity index (χ0v) is 19.6. The lowest BCUT2D eigenvalue weighted by atomic mass is 9.93. The van der Waals surface area contributed by atoms with Crippen LogP contribution in [0.4, 0.5) is 8.78 Å². The molecule has 1 atom stereocenters. The maximum Gasteiger partial charge on any atom is 0.251 e. The number of nitrogens with one attached hydrogen (secondary N) is 1. The third-order valence-electron chi connectivity index (χ3n) is 6.78. The van der Waals surface area contributed by atoms with Crippen LogP contribution in [0.1, 0.15) is 42.1 Å². The van der Waals surface area contributed by atoms with Crippen molar-refractivity contribution in [1.29, 1.82) is 0 Å². The van der Waals surface area contributed by atoms with Gasteiger partial charge in [-0.2, -0.15) is 5.10 Å². The molecule has 9 nitrogen and oxygen atoms in total. The van der Waals surface area contributed by atoms with Crippen molar-refractivity contribution in [2.75, 3.05) is 20.3 Å². The van der Waals surface area contributed by atoms with E-state index in [1.165, 1.54) is 30.2 Å². The summed E-state index contributed by atoms with van der Waals surface area (Å²) in [5.74, 6) is -2.45. The van der Waals surface area contributed by atoms with Crippen molar-refractivity contribution in [3.05, 3.63) is 54.0 Å². The van der Waals surface area contributed by atoms with Gasteiger partial charge in [0.2, 0.25) is 5.88 Å². The number of amides is 1. The SMILES string of the molecule is CNC(=O)c1cc(F)c(F)c(-c2cnc3cc(-c4cnn(C5CCC5)c4)c(OC4CCOC4)nn23)c1. The lowest BCUT2D eigenvalue weighted by molar-refractivity contribution is 0.0962. The molecule has 6 rings (SSSR count). The third-order valence-corrected chi connectivity index (χ3v) is 6.78. The third kappa shape index (κ3) is 3.89. The van der Waals surface area contributed by atoms with Crippen molar-refractivity contribution in [3.63, 3.8) is 0 Å². The summed E-state index contributed by atoms with van der Waals surface area (Å²) in [4.78, 5) is 16.5. The van der Waals surface area contributed by atoms with Gasteiger partial charge in [0.05, 0.1) is 42.9 Å². The number of rotatable bonds is 6. The largest absolute Gasteiger partial charge is 0.470 e. The second-order valence-electron chi connectivity index (χ2n) is 9.07. The van der Waals surface area contributed by atoms with Gasteiger partial charge in [-0.3, -0.25) is 9.48 Å². The summed E-state index contributed by atoms with van der Waals surface area (Å²) in [6, 6.07) is 4.33. The van der Waals surface area contributed by atoms with E-state index in [0.29, 0.717) is 42.8 Å². The lowest BCUT2D eigenvalue weighted by Gasteiger charge is -2.25. The van der Waals surface area contributed by atoms with Gasteiger partial charge in [-0.25, -0.2) is 18.3 Å². The number of nitrogens with zero attached hydrogens (tertiary/aromatic N) is 5. The van der Waals surface area contributed by atoms with Crippen LogP contribution in [0.2, 0.25) is 0 Å². The van der Waals surface area contributed by atoms with E-state index in [-0.39, 0.29) is 22.9 Å². The molecule has 3 aromatic heterocycles. The monoisotopic (exact) mass is 494 g/mol. The van der Waals surface area contributed by atoms with Crippen molar-refractivity contribution in [2.24, 2.45) is 0 Å². The molecule has 0 radical (unpaired) electrons. The van der Waals surface area contributed by atoms with E-state index < -0.39 is 17.5 Å². The van der Waals surface area contributed by atoms with E-state index >= 15 is 0 Å². The molecule has 2 aliphatic rings. The first-order chi connectivity index (χ1) is 17.5. The Hall–Kier alpha value is -3.86. The maximum atomic E-state index is 14.9. The van der Waals surface area contributed by atoms with Crippen molar-refractivity contribution >= 4 is 11.6 Å². The molecule has 1 saturated carbocycles. The fourth-order valence-electron chi connectivity index (χ4n) is 4.52. The van der Waals surface area contributed by atoms with E-state index in [2.05, 4.69) is 20.5 Å². The van der Waals surface area contributed by atoms with Gasteiger partial charge < -0.3 is 14.8 Å². The summed E-state index contributed by atoms with van der Waals surface area (Å²) in [5, 5.41) is 11.6. The van der Waals surface area contributed by atoms with Crippen LogP contribution in [0.5, 0.6) is 5.88 Å². The molecule has 1 aromatic carbocycles. The molecule has 4 aromatic rings. The molecule has 36 heavy (non-hydrogen) atoms. The molecule has 1 saturated heterocycles. The smallest absolute Gasteiger partial charge is 0.251 e. The number of aromatic nitrogens is 5. The van der Waals surface area contributed by atoms with Crippen LogP contribution in [0.25, 0.3) is 28.0 Å². The Kier molecular flexibility index (Phi) is 5.63. The summed E-state index contributed by atoms with van der Waals surface area (Å²) in [7, 11) is 1.42. The molecule has 4 heterocycles. The Balaban J connectivity index is 1.48.